The molecule has 1 saturated heterocycles. The SMILES string of the molecule is Cn1ccc2c(Cc3cccc(F)c3F)cc(C(=O)N[C@H]3CCOC[C@H]3O)nc21. The topological polar surface area (TPSA) is 76.4 Å². The van der Waals surface area contributed by atoms with E-state index in [1.807, 2.05) is 6.07 Å². The Morgan fingerprint density at radius 2 is 2.17 bits per heavy atom. The van der Waals surface area contributed by atoms with Crippen LogP contribution in [0.1, 0.15) is 28.0 Å². The molecule has 4 rings (SSSR count). The van der Waals surface area contributed by atoms with Gasteiger partial charge < -0.3 is 19.7 Å². The predicted octanol–water partition coefficient (Wildman–Crippen LogP) is 2.32. The van der Waals surface area contributed by atoms with E-state index >= 15 is 0 Å². The van der Waals surface area contributed by atoms with Gasteiger partial charge in [-0.2, -0.15) is 0 Å². The van der Waals surface area contributed by atoms with Gasteiger partial charge in [0, 0.05) is 31.7 Å². The molecule has 152 valence electrons. The minimum absolute atomic E-state index is 0.118. The summed E-state index contributed by atoms with van der Waals surface area (Å²) in [6.45, 7) is 0.621. The Morgan fingerprint density at radius 1 is 1.34 bits per heavy atom. The van der Waals surface area contributed by atoms with Gasteiger partial charge in [-0.1, -0.05) is 12.1 Å². The molecular formula is C21H21F2N3O3. The molecule has 0 unspecified atom stereocenters. The van der Waals surface area contributed by atoms with E-state index in [0.29, 0.717) is 24.2 Å². The average Bonchev–Trinajstić information content (AvgIpc) is 3.08. The summed E-state index contributed by atoms with van der Waals surface area (Å²) >= 11 is 0. The van der Waals surface area contributed by atoms with E-state index in [9.17, 15) is 18.7 Å². The molecule has 2 N–H and O–H groups in total. The third-order valence-electron chi connectivity index (χ3n) is 5.21. The van der Waals surface area contributed by atoms with Crippen LogP contribution in [0.5, 0.6) is 0 Å². The van der Waals surface area contributed by atoms with Crippen LogP contribution in [-0.2, 0) is 18.2 Å². The Labute approximate surface area is 166 Å². The number of ether oxygens (including phenoxy) is 1. The normalized spacial score (nSPS) is 19.4. The van der Waals surface area contributed by atoms with Crippen LogP contribution in [0.2, 0.25) is 0 Å². The smallest absolute Gasteiger partial charge is 0.270 e. The molecule has 3 heterocycles. The van der Waals surface area contributed by atoms with Crippen LogP contribution < -0.4 is 5.32 Å². The van der Waals surface area contributed by atoms with Crippen molar-refractivity contribution in [3.63, 3.8) is 0 Å². The van der Waals surface area contributed by atoms with E-state index in [2.05, 4.69) is 10.3 Å². The van der Waals surface area contributed by atoms with Crippen molar-refractivity contribution in [3.05, 3.63) is 65.0 Å². The zero-order valence-corrected chi connectivity index (χ0v) is 15.9. The van der Waals surface area contributed by atoms with E-state index < -0.39 is 29.7 Å². The number of aliphatic hydroxyl groups is 1. The lowest BCUT2D eigenvalue weighted by molar-refractivity contribution is -0.0261. The van der Waals surface area contributed by atoms with E-state index in [1.165, 1.54) is 12.1 Å². The molecule has 3 aromatic rings. The maximum atomic E-state index is 14.2. The molecule has 29 heavy (non-hydrogen) atoms. The first kappa shape index (κ1) is 19.5. The molecule has 1 aromatic carbocycles. The number of hydrogen-bond donors (Lipinski definition) is 2. The van der Waals surface area contributed by atoms with Gasteiger partial charge in [0.1, 0.15) is 11.3 Å². The molecule has 6 nitrogen and oxygen atoms in total. The highest BCUT2D eigenvalue weighted by Crippen LogP contribution is 2.24. The van der Waals surface area contributed by atoms with Gasteiger partial charge in [-0.25, -0.2) is 13.8 Å². The fourth-order valence-corrected chi connectivity index (χ4v) is 3.59. The second-order valence-corrected chi connectivity index (χ2v) is 7.23. The van der Waals surface area contributed by atoms with Gasteiger partial charge in [0.15, 0.2) is 11.6 Å². The van der Waals surface area contributed by atoms with Crippen LogP contribution in [0.25, 0.3) is 11.0 Å². The second kappa shape index (κ2) is 7.88. The van der Waals surface area contributed by atoms with Gasteiger partial charge in [-0.3, -0.25) is 4.79 Å². The summed E-state index contributed by atoms with van der Waals surface area (Å²) in [5.74, 6) is -2.24. The molecule has 0 saturated carbocycles. The first-order chi connectivity index (χ1) is 13.9. The third-order valence-corrected chi connectivity index (χ3v) is 5.21. The number of carbonyl (C=O) groups is 1. The first-order valence-corrected chi connectivity index (χ1v) is 9.38. The molecular weight excluding hydrogens is 380 g/mol. The maximum Gasteiger partial charge on any atom is 0.270 e. The van der Waals surface area contributed by atoms with Crippen LogP contribution in [0.4, 0.5) is 8.78 Å². The molecule has 0 bridgehead atoms. The van der Waals surface area contributed by atoms with Gasteiger partial charge in [-0.15, -0.1) is 0 Å². The van der Waals surface area contributed by atoms with E-state index in [1.54, 1.807) is 23.9 Å². The highest BCUT2D eigenvalue weighted by Gasteiger charge is 2.26. The van der Waals surface area contributed by atoms with Crippen molar-refractivity contribution in [2.45, 2.75) is 25.0 Å². The number of nitrogens with one attached hydrogen (secondary N) is 1. The van der Waals surface area contributed by atoms with Gasteiger partial charge >= 0.3 is 0 Å². The Balaban J connectivity index is 1.69. The fraction of sp³-hybridized carbons (Fsp3) is 0.333. The van der Waals surface area contributed by atoms with Gasteiger partial charge in [0.25, 0.3) is 5.91 Å². The predicted molar refractivity (Wildman–Crippen MR) is 103 cm³/mol. The molecule has 2 atom stereocenters. The zero-order valence-electron chi connectivity index (χ0n) is 15.9. The number of halogens is 2. The van der Waals surface area contributed by atoms with Crippen molar-refractivity contribution in [2.24, 2.45) is 7.05 Å². The standard InChI is InChI=1S/C21H21F2N3O3/c1-26-7-5-14-13(9-12-3-2-4-15(22)19(12)23)10-17(24-20(14)26)21(28)25-16-6-8-29-11-18(16)27/h2-5,7,10,16,18,27H,6,8-9,11H2,1H3,(H,25,28)/t16-,18+/m0/s1. The van der Waals surface area contributed by atoms with Crippen molar-refractivity contribution < 1.29 is 23.4 Å². The Hall–Kier alpha value is -2.84. The van der Waals surface area contributed by atoms with Gasteiger partial charge in [-0.05, 0) is 35.7 Å². The van der Waals surface area contributed by atoms with Crippen molar-refractivity contribution in [1.82, 2.24) is 14.9 Å². The summed E-state index contributed by atoms with van der Waals surface area (Å²) in [6, 6.07) is 7.04. The Morgan fingerprint density at radius 3 is 2.97 bits per heavy atom. The molecule has 8 heteroatoms. The van der Waals surface area contributed by atoms with Crippen LogP contribution in [0.15, 0.2) is 36.5 Å². The third kappa shape index (κ3) is 3.86. The van der Waals surface area contributed by atoms with Crippen molar-refractivity contribution in [3.8, 4) is 0 Å². The number of aliphatic hydroxyl groups excluding tert-OH is 1. The molecule has 2 aromatic heterocycles. The lowest BCUT2D eigenvalue weighted by Crippen LogP contribution is -2.48. The Bertz CT molecular complexity index is 1070. The number of amides is 1. The van der Waals surface area contributed by atoms with Crippen LogP contribution in [0, 0.1) is 11.6 Å². The number of aryl methyl sites for hydroxylation is 1. The zero-order chi connectivity index (χ0) is 20.5. The number of pyridine rings is 1. The fourth-order valence-electron chi connectivity index (χ4n) is 3.59. The Kier molecular flexibility index (Phi) is 5.29. The minimum Gasteiger partial charge on any atom is -0.389 e. The highest BCUT2D eigenvalue weighted by atomic mass is 19.2. The highest BCUT2D eigenvalue weighted by molar-refractivity contribution is 5.95. The van der Waals surface area contributed by atoms with Crippen molar-refractivity contribution in [1.29, 1.82) is 0 Å². The molecule has 1 aliphatic heterocycles. The second-order valence-electron chi connectivity index (χ2n) is 7.23. The molecule has 1 amide bonds. The number of carbonyl (C=O) groups excluding carboxylic acids is 1. The lowest BCUT2D eigenvalue weighted by atomic mass is 10.0. The van der Waals surface area contributed by atoms with Gasteiger partial charge in [0.2, 0.25) is 0 Å². The molecule has 0 spiro atoms. The van der Waals surface area contributed by atoms with Crippen LogP contribution in [-0.4, -0.2) is 45.9 Å². The summed E-state index contributed by atoms with van der Waals surface area (Å²) in [5, 5.41) is 13.6. The number of benzene rings is 1. The first-order valence-electron chi connectivity index (χ1n) is 9.38. The van der Waals surface area contributed by atoms with E-state index in [-0.39, 0.29) is 24.3 Å². The number of rotatable bonds is 4. The quantitative estimate of drug-likeness (QED) is 0.704. The summed E-state index contributed by atoms with van der Waals surface area (Å²) in [7, 11) is 1.80. The summed E-state index contributed by atoms with van der Waals surface area (Å²) in [6.07, 6.45) is 1.63. The molecule has 1 fully saturated rings. The molecule has 0 radical (unpaired) electrons. The average molecular weight is 401 g/mol. The summed E-state index contributed by atoms with van der Waals surface area (Å²) < 4.78 is 34.8. The number of fused-ring (bicyclic) bond motifs is 1. The number of nitrogens with zero attached hydrogens (tertiary/aromatic N) is 2. The monoisotopic (exact) mass is 401 g/mol. The number of aromatic nitrogens is 2. The maximum absolute atomic E-state index is 14.2. The van der Waals surface area contributed by atoms with E-state index in [4.69, 9.17) is 4.74 Å². The minimum atomic E-state index is -0.910. The van der Waals surface area contributed by atoms with Crippen molar-refractivity contribution >= 4 is 16.9 Å². The van der Waals surface area contributed by atoms with E-state index in [0.717, 1.165) is 11.5 Å². The molecule has 1 aliphatic rings. The van der Waals surface area contributed by atoms with Crippen LogP contribution >= 0.6 is 0 Å². The lowest BCUT2D eigenvalue weighted by Gasteiger charge is -2.28. The van der Waals surface area contributed by atoms with Gasteiger partial charge in [0.05, 0.1) is 18.8 Å². The van der Waals surface area contributed by atoms with Crippen LogP contribution in [0.3, 0.4) is 0 Å². The largest absolute Gasteiger partial charge is 0.389 e. The summed E-state index contributed by atoms with van der Waals surface area (Å²) in [5.41, 5.74) is 1.59. The molecule has 0 aliphatic carbocycles. The summed E-state index contributed by atoms with van der Waals surface area (Å²) in [4.78, 5) is 17.2. The van der Waals surface area contributed by atoms with Crippen molar-refractivity contribution in [2.75, 3.05) is 13.2 Å². The number of hydrogen-bond acceptors (Lipinski definition) is 4.